The molecule has 0 saturated carbocycles. The molecule has 0 saturated heterocycles. The van der Waals surface area contributed by atoms with Gasteiger partial charge in [0.25, 0.3) is 0 Å². The molecule has 4 nitrogen and oxygen atoms in total. The third-order valence-corrected chi connectivity index (χ3v) is 2.61. The van der Waals surface area contributed by atoms with Gasteiger partial charge in [0.2, 0.25) is 5.91 Å². The number of aliphatic hydroxyl groups excluding tert-OH is 1. The first-order valence-corrected chi connectivity index (χ1v) is 6.45. The van der Waals surface area contributed by atoms with Gasteiger partial charge in [-0.05, 0) is 24.6 Å². The molecule has 0 radical (unpaired) electrons. The normalized spacial score (nSPS) is 12.9. The van der Waals surface area contributed by atoms with Crippen LogP contribution in [-0.2, 0) is 4.79 Å². The summed E-state index contributed by atoms with van der Waals surface area (Å²) in [5.41, 5.74) is 0.657. The molecule has 19 heavy (non-hydrogen) atoms. The maximum Gasteiger partial charge on any atom is 0.225 e. The summed E-state index contributed by atoms with van der Waals surface area (Å²) in [6.07, 6.45) is -0.716. The highest BCUT2D eigenvalue weighted by Crippen LogP contribution is 2.13. The van der Waals surface area contributed by atoms with Crippen LogP contribution in [0.4, 0.5) is 0 Å². The average Bonchev–Trinajstić information content (AvgIpc) is 2.32. The van der Waals surface area contributed by atoms with Crippen molar-refractivity contribution in [2.75, 3.05) is 13.2 Å². The number of ether oxygens (including phenoxy) is 1. The zero-order valence-electron chi connectivity index (χ0n) is 12.1. The van der Waals surface area contributed by atoms with E-state index in [0.717, 1.165) is 11.3 Å². The summed E-state index contributed by atoms with van der Waals surface area (Å²) in [6.45, 7) is 7.83. The molecule has 1 amide bonds. The Balaban J connectivity index is 2.32. The maximum absolute atomic E-state index is 11.6. The predicted molar refractivity (Wildman–Crippen MR) is 75.1 cm³/mol. The van der Waals surface area contributed by atoms with Gasteiger partial charge in [0.05, 0.1) is 0 Å². The van der Waals surface area contributed by atoms with Crippen LogP contribution in [0.5, 0.6) is 5.75 Å². The molecule has 4 heteroatoms. The van der Waals surface area contributed by atoms with E-state index >= 15 is 0 Å². The number of rotatable bonds is 5. The molecule has 106 valence electrons. The lowest BCUT2D eigenvalue weighted by Gasteiger charge is -2.19. The van der Waals surface area contributed by atoms with Crippen molar-refractivity contribution in [3.63, 3.8) is 0 Å². The van der Waals surface area contributed by atoms with Gasteiger partial charge in [-0.15, -0.1) is 0 Å². The number of amides is 1. The number of carbonyl (C=O) groups excluding carboxylic acids is 1. The highest BCUT2D eigenvalue weighted by molar-refractivity contribution is 5.81. The number of hydrogen-bond acceptors (Lipinski definition) is 3. The first kappa shape index (κ1) is 15.5. The van der Waals surface area contributed by atoms with Gasteiger partial charge in [0, 0.05) is 12.0 Å². The lowest BCUT2D eigenvalue weighted by molar-refractivity contribution is -0.129. The van der Waals surface area contributed by atoms with Gasteiger partial charge < -0.3 is 15.2 Å². The summed E-state index contributed by atoms with van der Waals surface area (Å²) in [4.78, 5) is 11.6. The molecule has 0 bridgehead atoms. The van der Waals surface area contributed by atoms with Gasteiger partial charge in [0.15, 0.2) is 0 Å². The number of nitrogens with one attached hydrogen (secondary N) is 1. The molecule has 0 aliphatic rings. The molecule has 0 aliphatic carbocycles. The minimum atomic E-state index is -0.716. The third-order valence-electron chi connectivity index (χ3n) is 2.61. The molecule has 0 heterocycles. The minimum absolute atomic E-state index is 0.0814. The number of aryl methyl sites for hydroxylation is 1. The van der Waals surface area contributed by atoms with Crippen molar-refractivity contribution in [3.05, 3.63) is 29.8 Å². The summed E-state index contributed by atoms with van der Waals surface area (Å²) in [5.74, 6) is 0.642. The van der Waals surface area contributed by atoms with Crippen molar-refractivity contribution in [1.29, 1.82) is 0 Å². The largest absolute Gasteiger partial charge is 0.491 e. The molecule has 0 spiro atoms. The monoisotopic (exact) mass is 265 g/mol. The summed E-state index contributed by atoms with van der Waals surface area (Å²) in [6, 6.07) is 7.62. The van der Waals surface area contributed by atoms with E-state index in [2.05, 4.69) is 5.32 Å². The van der Waals surface area contributed by atoms with Crippen LogP contribution in [0.2, 0.25) is 0 Å². The van der Waals surface area contributed by atoms with Crippen LogP contribution >= 0.6 is 0 Å². The standard InChI is InChI=1S/C15H23NO3/c1-11-6-5-7-13(8-11)19-10-12(17)9-16-14(18)15(2,3)4/h5-8,12,17H,9-10H2,1-4H3,(H,16,18). The van der Waals surface area contributed by atoms with Crippen molar-refractivity contribution in [1.82, 2.24) is 5.32 Å². The zero-order chi connectivity index (χ0) is 14.5. The van der Waals surface area contributed by atoms with Gasteiger partial charge in [-0.2, -0.15) is 0 Å². The third kappa shape index (κ3) is 5.75. The molecule has 1 aromatic rings. The van der Waals surface area contributed by atoms with Gasteiger partial charge in [0.1, 0.15) is 18.5 Å². The molecule has 1 atom stereocenters. The molecular weight excluding hydrogens is 242 g/mol. The number of carbonyl (C=O) groups is 1. The van der Waals surface area contributed by atoms with Crippen molar-refractivity contribution >= 4 is 5.91 Å². The zero-order valence-corrected chi connectivity index (χ0v) is 12.1. The Morgan fingerprint density at radius 2 is 2.11 bits per heavy atom. The van der Waals surface area contributed by atoms with Gasteiger partial charge >= 0.3 is 0 Å². The van der Waals surface area contributed by atoms with E-state index in [1.165, 1.54) is 0 Å². The van der Waals surface area contributed by atoms with Crippen LogP contribution in [0, 0.1) is 12.3 Å². The molecular formula is C15H23NO3. The molecule has 2 N–H and O–H groups in total. The maximum atomic E-state index is 11.6. The van der Waals surface area contributed by atoms with Crippen LogP contribution < -0.4 is 10.1 Å². The van der Waals surface area contributed by atoms with Crippen molar-refractivity contribution in [2.45, 2.75) is 33.8 Å². The van der Waals surface area contributed by atoms with Crippen molar-refractivity contribution in [2.24, 2.45) is 5.41 Å². The minimum Gasteiger partial charge on any atom is -0.491 e. The van der Waals surface area contributed by atoms with E-state index in [-0.39, 0.29) is 19.1 Å². The molecule has 0 aliphatic heterocycles. The average molecular weight is 265 g/mol. The summed E-state index contributed by atoms with van der Waals surface area (Å²) in [7, 11) is 0. The van der Waals surface area contributed by atoms with Gasteiger partial charge in [-0.25, -0.2) is 0 Å². The summed E-state index contributed by atoms with van der Waals surface area (Å²) in [5, 5.41) is 12.5. The molecule has 1 aromatic carbocycles. The van der Waals surface area contributed by atoms with E-state index in [1.54, 1.807) is 0 Å². The van der Waals surface area contributed by atoms with Crippen LogP contribution in [0.3, 0.4) is 0 Å². The smallest absolute Gasteiger partial charge is 0.225 e. The number of aliphatic hydroxyl groups is 1. The molecule has 1 rings (SSSR count). The molecule has 0 fully saturated rings. The second kappa shape index (κ2) is 6.57. The summed E-state index contributed by atoms with van der Waals surface area (Å²) >= 11 is 0. The first-order valence-electron chi connectivity index (χ1n) is 6.45. The Labute approximate surface area is 114 Å². The fourth-order valence-corrected chi connectivity index (χ4v) is 1.43. The Morgan fingerprint density at radius 3 is 2.68 bits per heavy atom. The summed E-state index contributed by atoms with van der Waals surface area (Å²) < 4.78 is 5.47. The Hall–Kier alpha value is -1.55. The first-order chi connectivity index (χ1) is 8.79. The molecule has 0 aromatic heterocycles. The van der Waals surface area contributed by atoms with Crippen molar-refractivity contribution in [3.8, 4) is 5.75 Å². The Bertz CT molecular complexity index is 424. The van der Waals surface area contributed by atoms with Gasteiger partial charge in [-0.3, -0.25) is 4.79 Å². The SMILES string of the molecule is Cc1cccc(OCC(O)CNC(=O)C(C)(C)C)c1. The highest BCUT2D eigenvalue weighted by atomic mass is 16.5. The van der Waals surface area contributed by atoms with E-state index in [4.69, 9.17) is 4.74 Å². The van der Waals surface area contributed by atoms with E-state index in [9.17, 15) is 9.90 Å². The lowest BCUT2D eigenvalue weighted by atomic mass is 9.96. The van der Waals surface area contributed by atoms with E-state index in [1.807, 2.05) is 52.0 Å². The number of hydrogen-bond donors (Lipinski definition) is 2. The second-order valence-corrected chi connectivity index (χ2v) is 5.74. The van der Waals surface area contributed by atoms with Crippen LogP contribution in [0.1, 0.15) is 26.3 Å². The van der Waals surface area contributed by atoms with Crippen molar-refractivity contribution < 1.29 is 14.6 Å². The van der Waals surface area contributed by atoms with E-state index < -0.39 is 11.5 Å². The van der Waals surface area contributed by atoms with Crippen LogP contribution in [0.25, 0.3) is 0 Å². The quantitative estimate of drug-likeness (QED) is 0.855. The highest BCUT2D eigenvalue weighted by Gasteiger charge is 2.21. The topological polar surface area (TPSA) is 58.6 Å². The fourth-order valence-electron chi connectivity index (χ4n) is 1.43. The second-order valence-electron chi connectivity index (χ2n) is 5.74. The van der Waals surface area contributed by atoms with Crippen LogP contribution in [-0.4, -0.2) is 30.3 Å². The number of benzene rings is 1. The fraction of sp³-hybridized carbons (Fsp3) is 0.533. The lowest BCUT2D eigenvalue weighted by Crippen LogP contribution is -2.40. The van der Waals surface area contributed by atoms with E-state index in [0.29, 0.717) is 0 Å². The van der Waals surface area contributed by atoms with Crippen LogP contribution in [0.15, 0.2) is 24.3 Å². The Kier molecular flexibility index (Phi) is 5.36. The Morgan fingerprint density at radius 1 is 1.42 bits per heavy atom. The predicted octanol–water partition coefficient (Wildman–Crippen LogP) is 1.90. The molecule has 1 unspecified atom stereocenters. The van der Waals surface area contributed by atoms with Gasteiger partial charge in [-0.1, -0.05) is 32.9 Å².